The second kappa shape index (κ2) is 11.8. The number of halogens is 2. The van der Waals surface area contributed by atoms with Gasteiger partial charge in [-0.3, -0.25) is 0 Å². The number of hydrogen-bond acceptors (Lipinski definition) is 2. The van der Waals surface area contributed by atoms with Crippen molar-refractivity contribution in [1.29, 1.82) is 0 Å². The Morgan fingerprint density at radius 3 is 1.09 bits per heavy atom. The predicted molar refractivity (Wildman–Crippen MR) is 182 cm³/mol. The third-order valence-electron chi connectivity index (χ3n) is 9.77. The van der Waals surface area contributed by atoms with E-state index in [-0.39, 0.29) is 24.8 Å². The quantitative estimate of drug-likeness (QED) is 0.174. The summed E-state index contributed by atoms with van der Waals surface area (Å²) in [5.74, 6) is 1.98. The molecule has 0 amide bonds. The van der Waals surface area contributed by atoms with Crippen LogP contribution >= 0.6 is 0 Å². The maximum Gasteiger partial charge on any atom is -1.00 e. The number of allylic oxidation sites excluding steroid dienone is 2. The van der Waals surface area contributed by atoms with Gasteiger partial charge < -0.3 is 24.8 Å². The molecule has 224 valence electrons. The van der Waals surface area contributed by atoms with E-state index in [9.17, 15) is 0 Å². The fraction of sp³-hybridized carbons (Fsp3) is 0.0476. The van der Waals surface area contributed by atoms with Crippen molar-refractivity contribution in [3.63, 3.8) is 0 Å². The molecular formula is C42H26Cl2HfO2. The zero-order valence-corrected chi connectivity index (χ0v) is 30.2. The van der Waals surface area contributed by atoms with Crippen molar-refractivity contribution in [2.45, 2.75) is 7.35 Å². The van der Waals surface area contributed by atoms with E-state index < -0.39 is 22.9 Å². The van der Waals surface area contributed by atoms with Crippen LogP contribution in [-0.2, 0) is 22.9 Å². The van der Waals surface area contributed by atoms with E-state index in [1.807, 2.05) is 24.7 Å². The summed E-state index contributed by atoms with van der Waals surface area (Å²) in [7, 11) is 0. The number of benzene rings is 6. The smallest absolute Gasteiger partial charge is 1.00 e. The second-order valence-electron chi connectivity index (χ2n) is 12.0. The molecule has 10 rings (SSSR count). The first-order valence-electron chi connectivity index (χ1n) is 15.5. The summed E-state index contributed by atoms with van der Waals surface area (Å²) in [6.45, 7) is 0. The summed E-state index contributed by atoms with van der Waals surface area (Å²) in [6, 6.07) is 44.2. The largest absolute Gasteiger partial charge is 1.00 e. The Bertz CT molecular complexity index is 2350. The van der Waals surface area contributed by atoms with Gasteiger partial charge in [0, 0.05) is 0 Å². The average molecular weight is 812 g/mol. The topological polar surface area (TPSA) is 26.3 Å². The molecule has 2 aliphatic carbocycles. The van der Waals surface area contributed by atoms with Crippen molar-refractivity contribution in [3.8, 4) is 0 Å². The minimum absolute atomic E-state index is 0. The van der Waals surface area contributed by atoms with E-state index in [2.05, 4.69) is 121 Å². The van der Waals surface area contributed by atoms with Crippen molar-refractivity contribution in [2.75, 3.05) is 0 Å². The minimum Gasteiger partial charge on any atom is -1.00 e. The van der Waals surface area contributed by atoms with Crippen molar-refractivity contribution in [3.05, 3.63) is 168 Å². The van der Waals surface area contributed by atoms with Crippen LogP contribution in [0.4, 0.5) is 0 Å². The Balaban J connectivity index is 0.00000162. The monoisotopic (exact) mass is 812 g/mol. The number of fused-ring (bicyclic) bond motifs is 12. The molecule has 0 fully saturated rings. The Labute approximate surface area is 296 Å². The van der Waals surface area contributed by atoms with Crippen LogP contribution in [0.25, 0.3) is 66.4 Å². The molecule has 2 heterocycles. The molecular weight excluding hydrogens is 786 g/mol. The van der Waals surface area contributed by atoms with Crippen LogP contribution in [0.2, 0.25) is 0 Å². The normalized spacial score (nSPS) is 16.3. The van der Waals surface area contributed by atoms with E-state index in [0.717, 1.165) is 11.5 Å². The molecule has 5 heteroatoms. The molecule has 2 aliphatic rings. The summed E-state index contributed by atoms with van der Waals surface area (Å²) in [4.78, 5) is 0. The molecule has 2 aromatic heterocycles. The summed E-state index contributed by atoms with van der Waals surface area (Å²) in [5, 5.41) is 10.7. The van der Waals surface area contributed by atoms with Crippen LogP contribution in [0.5, 0.6) is 0 Å². The van der Waals surface area contributed by atoms with Gasteiger partial charge in [0.1, 0.15) is 0 Å². The summed E-state index contributed by atoms with van der Waals surface area (Å²) >= 11 is -1.70. The third kappa shape index (κ3) is 4.48. The zero-order valence-electron chi connectivity index (χ0n) is 25.1. The maximum atomic E-state index is 6.19. The van der Waals surface area contributed by atoms with E-state index in [0.29, 0.717) is 7.35 Å². The van der Waals surface area contributed by atoms with Crippen LogP contribution in [0, 0.1) is 0 Å². The predicted octanol–water partition coefficient (Wildman–Crippen LogP) is 5.47. The van der Waals surface area contributed by atoms with Crippen LogP contribution in [0.1, 0.15) is 41.1 Å². The van der Waals surface area contributed by atoms with Gasteiger partial charge in [0.15, 0.2) is 0 Å². The zero-order chi connectivity index (χ0) is 29.5. The molecule has 8 aromatic rings. The molecule has 0 bridgehead atoms. The Morgan fingerprint density at radius 2 is 0.723 bits per heavy atom. The fourth-order valence-electron chi connectivity index (χ4n) is 7.94. The SMILES string of the molecule is C1=C(c2ccco2)[CH]([Hf+2][CH]2C(c3ccco3)=Cc3c2c2ccccc2c2ccccc32)c2c1c1ccccc1c1ccccc21.[Cl-].[Cl-]. The molecule has 0 N–H and O–H groups in total. The summed E-state index contributed by atoms with van der Waals surface area (Å²) in [5.41, 5.74) is 8.35. The van der Waals surface area contributed by atoms with E-state index >= 15 is 0 Å². The molecule has 2 atom stereocenters. The van der Waals surface area contributed by atoms with Gasteiger partial charge in [-0.2, -0.15) is 0 Å². The van der Waals surface area contributed by atoms with Crippen LogP contribution in [0.15, 0.2) is 143 Å². The molecule has 0 radical (unpaired) electrons. The Hall–Kier alpha value is -4.15. The molecule has 0 saturated carbocycles. The van der Waals surface area contributed by atoms with E-state index in [4.69, 9.17) is 8.83 Å². The molecule has 0 spiro atoms. The molecule has 2 unspecified atom stereocenters. The van der Waals surface area contributed by atoms with Gasteiger partial charge in [-0.25, -0.2) is 0 Å². The third-order valence-corrected chi connectivity index (χ3v) is 16.5. The molecule has 0 saturated heterocycles. The fourth-order valence-corrected chi connectivity index (χ4v) is 15.5. The van der Waals surface area contributed by atoms with Crippen LogP contribution < -0.4 is 24.8 Å². The molecule has 47 heavy (non-hydrogen) atoms. The first-order valence-corrected chi connectivity index (χ1v) is 19.6. The summed E-state index contributed by atoms with van der Waals surface area (Å²) < 4.78 is 13.0. The van der Waals surface area contributed by atoms with Gasteiger partial charge in [0.25, 0.3) is 0 Å². The first-order chi connectivity index (χ1) is 22.3. The summed E-state index contributed by atoms with van der Waals surface area (Å²) in [6.07, 6.45) is 8.54. The number of hydrogen-bond donors (Lipinski definition) is 0. The maximum absolute atomic E-state index is 6.19. The van der Waals surface area contributed by atoms with Gasteiger partial charge in [-0.05, 0) is 0 Å². The van der Waals surface area contributed by atoms with Gasteiger partial charge >= 0.3 is 273 Å². The van der Waals surface area contributed by atoms with Gasteiger partial charge in [-0.1, -0.05) is 0 Å². The second-order valence-corrected chi connectivity index (χ2v) is 17.4. The number of rotatable bonds is 4. The first kappa shape index (κ1) is 30.2. The van der Waals surface area contributed by atoms with Gasteiger partial charge in [-0.15, -0.1) is 0 Å². The standard InChI is InChI=1S/2C21H13O.2ClH.Hf/c2*1-3-8-17-15(6-1)16-7-2-4-9-18(16)20-13-14(12-19(17)20)21-10-5-11-22-21;;;/h2*1-13H;2*1H;/q;;;;+2/p-2. The number of furan rings is 2. The van der Waals surface area contributed by atoms with Crippen molar-refractivity contribution >= 4 is 66.4 Å². The van der Waals surface area contributed by atoms with Crippen LogP contribution in [-0.4, -0.2) is 0 Å². The average Bonchev–Trinajstić information content (AvgIpc) is 3.92. The Kier molecular flexibility index (Phi) is 7.60. The van der Waals surface area contributed by atoms with E-state index in [1.165, 1.54) is 76.5 Å². The van der Waals surface area contributed by atoms with Crippen molar-refractivity contribution < 1.29 is 56.6 Å². The molecule has 0 aliphatic heterocycles. The molecule has 2 nitrogen and oxygen atoms in total. The van der Waals surface area contributed by atoms with Gasteiger partial charge in [0.05, 0.1) is 0 Å². The van der Waals surface area contributed by atoms with Crippen molar-refractivity contribution in [2.24, 2.45) is 0 Å². The molecule has 6 aromatic carbocycles. The van der Waals surface area contributed by atoms with E-state index in [1.54, 1.807) is 0 Å². The van der Waals surface area contributed by atoms with Gasteiger partial charge in [0.2, 0.25) is 0 Å². The minimum atomic E-state index is -1.70. The van der Waals surface area contributed by atoms with Crippen molar-refractivity contribution in [1.82, 2.24) is 0 Å². The van der Waals surface area contributed by atoms with Crippen LogP contribution in [0.3, 0.4) is 0 Å². The Morgan fingerprint density at radius 1 is 0.383 bits per heavy atom.